The fraction of sp³-hybridized carbons (Fsp3) is 0.273. The van der Waals surface area contributed by atoms with Crippen molar-refractivity contribution in [3.63, 3.8) is 0 Å². The molecule has 7 nitrogen and oxygen atoms in total. The number of benzene rings is 2. The van der Waals surface area contributed by atoms with Crippen molar-refractivity contribution in [3.05, 3.63) is 69.7 Å². The Balaban J connectivity index is 1.63. The van der Waals surface area contributed by atoms with E-state index in [9.17, 15) is 9.59 Å². The predicted octanol–water partition coefficient (Wildman–Crippen LogP) is 4.07. The number of nitrogens with one attached hydrogen (secondary N) is 2. The summed E-state index contributed by atoms with van der Waals surface area (Å²) in [5.74, 6) is 0.178. The van der Waals surface area contributed by atoms with Gasteiger partial charge in [0.1, 0.15) is 10.8 Å². The van der Waals surface area contributed by atoms with Gasteiger partial charge in [-0.1, -0.05) is 42.5 Å². The Kier molecular flexibility index (Phi) is 7.51. The van der Waals surface area contributed by atoms with E-state index in [0.717, 1.165) is 29.2 Å². The van der Waals surface area contributed by atoms with Gasteiger partial charge >= 0.3 is 0 Å². The van der Waals surface area contributed by atoms with Crippen LogP contribution in [0, 0.1) is 0 Å². The van der Waals surface area contributed by atoms with E-state index in [1.54, 1.807) is 24.3 Å². The summed E-state index contributed by atoms with van der Waals surface area (Å²) < 4.78 is 5.59. The van der Waals surface area contributed by atoms with Crippen LogP contribution in [-0.2, 0) is 13.0 Å². The van der Waals surface area contributed by atoms with E-state index in [1.807, 2.05) is 38.1 Å². The Labute approximate surface area is 179 Å². The number of hydrogen-bond donors (Lipinski definition) is 2. The number of ether oxygens (including phenoxy) is 1. The smallest absolute Gasteiger partial charge is 0.286 e. The van der Waals surface area contributed by atoms with Gasteiger partial charge in [0.2, 0.25) is 5.01 Å². The Morgan fingerprint density at radius 1 is 1.03 bits per heavy atom. The summed E-state index contributed by atoms with van der Waals surface area (Å²) in [5.41, 5.74) is 1.87. The van der Waals surface area contributed by atoms with Crippen LogP contribution >= 0.6 is 11.3 Å². The lowest BCUT2D eigenvalue weighted by Gasteiger charge is -2.11. The molecule has 0 saturated carbocycles. The van der Waals surface area contributed by atoms with Gasteiger partial charge in [-0.3, -0.25) is 9.59 Å². The van der Waals surface area contributed by atoms with Crippen molar-refractivity contribution in [2.75, 3.05) is 11.9 Å². The standard InChI is InChI=1S/C22H24N4O3S/c1-3-8-19-25-26-22(30-19)21(28)24-17-11-7-10-15(13-17)20(27)23-14-16-9-5-6-12-18(16)29-4-2/h5-7,9-13H,3-4,8,14H2,1-2H3,(H,23,27)(H,24,28). The van der Waals surface area contributed by atoms with E-state index in [2.05, 4.69) is 20.8 Å². The number of para-hydroxylation sites is 1. The third-order valence-corrected chi connectivity index (χ3v) is 5.20. The SMILES string of the molecule is CCCc1nnc(C(=O)Nc2cccc(C(=O)NCc3ccccc3OCC)c2)s1. The summed E-state index contributed by atoms with van der Waals surface area (Å²) in [5, 5.41) is 14.8. The van der Waals surface area contributed by atoms with Gasteiger partial charge in [-0.2, -0.15) is 0 Å². The van der Waals surface area contributed by atoms with Gasteiger partial charge in [-0.25, -0.2) is 0 Å². The fourth-order valence-electron chi connectivity index (χ4n) is 2.81. The van der Waals surface area contributed by atoms with Crippen molar-refractivity contribution in [2.45, 2.75) is 33.2 Å². The maximum absolute atomic E-state index is 12.6. The molecule has 0 fully saturated rings. The highest BCUT2D eigenvalue weighted by Gasteiger charge is 2.14. The molecular weight excluding hydrogens is 400 g/mol. The van der Waals surface area contributed by atoms with E-state index >= 15 is 0 Å². The number of nitrogens with zero attached hydrogens (tertiary/aromatic N) is 2. The third kappa shape index (κ3) is 5.64. The van der Waals surface area contributed by atoms with Crippen LogP contribution in [0.15, 0.2) is 48.5 Å². The van der Waals surface area contributed by atoms with E-state index in [0.29, 0.717) is 29.4 Å². The molecule has 0 aliphatic heterocycles. The Morgan fingerprint density at radius 3 is 2.67 bits per heavy atom. The zero-order chi connectivity index (χ0) is 21.3. The lowest BCUT2D eigenvalue weighted by molar-refractivity contribution is 0.0949. The minimum absolute atomic E-state index is 0.237. The zero-order valence-electron chi connectivity index (χ0n) is 17.0. The minimum atomic E-state index is -0.335. The van der Waals surface area contributed by atoms with Gasteiger partial charge in [0, 0.05) is 29.8 Å². The van der Waals surface area contributed by atoms with E-state index in [1.165, 1.54) is 11.3 Å². The molecule has 0 aliphatic carbocycles. The van der Waals surface area contributed by atoms with Crippen LogP contribution in [0.4, 0.5) is 5.69 Å². The van der Waals surface area contributed by atoms with Gasteiger partial charge < -0.3 is 15.4 Å². The summed E-state index contributed by atoms with van der Waals surface area (Å²) in [6.07, 6.45) is 1.75. The van der Waals surface area contributed by atoms with Gasteiger partial charge in [0.15, 0.2) is 0 Å². The lowest BCUT2D eigenvalue weighted by Crippen LogP contribution is -2.23. The van der Waals surface area contributed by atoms with Crippen molar-refractivity contribution in [1.29, 1.82) is 0 Å². The zero-order valence-corrected chi connectivity index (χ0v) is 17.8. The van der Waals surface area contributed by atoms with Crippen molar-refractivity contribution in [1.82, 2.24) is 15.5 Å². The number of carbonyl (C=O) groups excluding carboxylic acids is 2. The number of aromatic nitrogens is 2. The molecular formula is C22H24N4O3S. The largest absolute Gasteiger partial charge is 0.494 e. The minimum Gasteiger partial charge on any atom is -0.494 e. The molecule has 30 heavy (non-hydrogen) atoms. The van der Waals surface area contributed by atoms with E-state index in [-0.39, 0.29) is 11.8 Å². The summed E-state index contributed by atoms with van der Waals surface area (Å²) in [6, 6.07) is 14.4. The molecule has 0 spiro atoms. The van der Waals surface area contributed by atoms with Crippen molar-refractivity contribution < 1.29 is 14.3 Å². The molecule has 0 saturated heterocycles. The second-order valence-electron chi connectivity index (χ2n) is 6.51. The number of anilines is 1. The van der Waals surface area contributed by atoms with Crippen LogP contribution in [-0.4, -0.2) is 28.6 Å². The van der Waals surface area contributed by atoms with Crippen molar-refractivity contribution in [3.8, 4) is 5.75 Å². The van der Waals surface area contributed by atoms with Gasteiger partial charge in [0.25, 0.3) is 11.8 Å². The first-order chi connectivity index (χ1) is 14.6. The summed E-state index contributed by atoms with van der Waals surface area (Å²) in [6.45, 7) is 4.87. The fourth-order valence-corrected chi connectivity index (χ4v) is 3.64. The van der Waals surface area contributed by atoms with Gasteiger partial charge in [-0.15, -0.1) is 10.2 Å². The predicted molar refractivity (Wildman–Crippen MR) is 117 cm³/mol. The molecule has 1 aromatic heterocycles. The van der Waals surface area contributed by atoms with Gasteiger partial charge in [-0.05, 0) is 37.6 Å². The summed E-state index contributed by atoms with van der Waals surface area (Å²) in [7, 11) is 0. The first kappa shape index (κ1) is 21.4. The molecule has 3 rings (SSSR count). The second-order valence-corrected chi connectivity index (χ2v) is 7.57. The Morgan fingerprint density at radius 2 is 1.87 bits per heavy atom. The monoisotopic (exact) mass is 424 g/mol. The first-order valence-electron chi connectivity index (χ1n) is 9.83. The average molecular weight is 425 g/mol. The van der Waals surface area contributed by atoms with Crippen LogP contribution < -0.4 is 15.4 Å². The quantitative estimate of drug-likeness (QED) is 0.540. The summed E-state index contributed by atoms with van der Waals surface area (Å²) >= 11 is 1.28. The van der Waals surface area contributed by atoms with E-state index < -0.39 is 0 Å². The van der Waals surface area contributed by atoms with Crippen LogP contribution in [0.1, 0.15) is 51.0 Å². The highest BCUT2D eigenvalue weighted by Crippen LogP contribution is 2.19. The number of rotatable bonds is 9. The number of hydrogen-bond acceptors (Lipinski definition) is 6. The van der Waals surface area contributed by atoms with E-state index in [4.69, 9.17) is 4.74 Å². The molecule has 1 heterocycles. The molecule has 0 unspecified atom stereocenters. The topological polar surface area (TPSA) is 93.2 Å². The van der Waals surface area contributed by atoms with Crippen LogP contribution in [0.25, 0.3) is 0 Å². The Hall–Kier alpha value is -3.26. The molecule has 8 heteroatoms. The van der Waals surface area contributed by atoms with Crippen molar-refractivity contribution in [2.24, 2.45) is 0 Å². The second kappa shape index (κ2) is 10.5. The first-order valence-corrected chi connectivity index (χ1v) is 10.6. The summed E-state index contributed by atoms with van der Waals surface area (Å²) in [4.78, 5) is 25.0. The molecule has 3 aromatic rings. The molecule has 2 amide bonds. The van der Waals surface area contributed by atoms with Crippen molar-refractivity contribution >= 4 is 28.8 Å². The molecule has 0 radical (unpaired) electrons. The third-order valence-electron chi connectivity index (χ3n) is 4.22. The average Bonchev–Trinajstić information content (AvgIpc) is 3.22. The molecule has 0 bridgehead atoms. The molecule has 2 N–H and O–H groups in total. The van der Waals surface area contributed by atoms with Crippen LogP contribution in [0.2, 0.25) is 0 Å². The normalized spacial score (nSPS) is 10.5. The molecule has 0 aliphatic rings. The number of aryl methyl sites for hydroxylation is 1. The van der Waals surface area contributed by atoms with Gasteiger partial charge in [0.05, 0.1) is 6.61 Å². The molecule has 156 valence electrons. The maximum atomic E-state index is 12.6. The number of carbonyl (C=O) groups is 2. The highest BCUT2D eigenvalue weighted by molar-refractivity contribution is 7.13. The molecule has 2 aromatic carbocycles. The number of amides is 2. The molecule has 0 atom stereocenters. The lowest BCUT2D eigenvalue weighted by atomic mass is 10.1. The van der Waals surface area contributed by atoms with Crippen LogP contribution in [0.5, 0.6) is 5.75 Å². The maximum Gasteiger partial charge on any atom is 0.286 e. The van der Waals surface area contributed by atoms with Crippen LogP contribution in [0.3, 0.4) is 0 Å². The Bertz CT molecular complexity index is 1020. The highest BCUT2D eigenvalue weighted by atomic mass is 32.1.